The Morgan fingerprint density at radius 1 is 1.19 bits per heavy atom. The summed E-state index contributed by atoms with van der Waals surface area (Å²) in [5.74, 6) is 0.498. The molecule has 78 valence electrons. The summed E-state index contributed by atoms with van der Waals surface area (Å²) >= 11 is 1.45. The van der Waals surface area contributed by atoms with E-state index in [1.165, 1.54) is 11.3 Å². The lowest BCUT2D eigenvalue weighted by Gasteiger charge is -2.00. The summed E-state index contributed by atoms with van der Waals surface area (Å²) in [7, 11) is 0. The smallest absolute Gasteiger partial charge is 0.206 e. The molecule has 0 amide bonds. The molecule has 0 aliphatic carbocycles. The molecule has 0 saturated carbocycles. The van der Waals surface area contributed by atoms with Crippen LogP contribution >= 0.6 is 11.3 Å². The van der Waals surface area contributed by atoms with Crippen LogP contribution < -0.4 is 0 Å². The minimum Gasteiger partial charge on any atom is -0.264 e. The molecular formula is C8H5N7S. The second-order valence-corrected chi connectivity index (χ2v) is 3.73. The normalized spacial score (nSPS) is 10.5. The number of aromatic amines is 1. The maximum Gasteiger partial charge on any atom is 0.206 e. The van der Waals surface area contributed by atoms with Crippen LogP contribution in [0, 0.1) is 0 Å². The minimum absolute atomic E-state index is 0.498. The summed E-state index contributed by atoms with van der Waals surface area (Å²) in [6.07, 6.45) is 3.38. The van der Waals surface area contributed by atoms with Crippen molar-refractivity contribution in [3.8, 4) is 22.0 Å². The summed E-state index contributed by atoms with van der Waals surface area (Å²) in [4.78, 5) is 4.05. The van der Waals surface area contributed by atoms with Crippen molar-refractivity contribution in [1.82, 2.24) is 35.8 Å². The lowest BCUT2D eigenvalue weighted by atomic mass is 10.1. The van der Waals surface area contributed by atoms with Gasteiger partial charge in [0, 0.05) is 18.0 Å². The van der Waals surface area contributed by atoms with Crippen LogP contribution in [-0.4, -0.2) is 35.8 Å². The first-order chi connectivity index (χ1) is 7.95. The SMILES string of the molecule is c1cc(-c2nncs2)c(-c2nn[nH]n2)cn1. The summed E-state index contributed by atoms with van der Waals surface area (Å²) in [6.45, 7) is 0. The van der Waals surface area contributed by atoms with Gasteiger partial charge in [-0.15, -0.1) is 20.4 Å². The molecule has 0 aliphatic heterocycles. The average Bonchev–Trinajstić information content (AvgIpc) is 3.03. The Morgan fingerprint density at radius 2 is 2.19 bits per heavy atom. The molecule has 0 saturated heterocycles. The number of pyridine rings is 1. The monoisotopic (exact) mass is 231 g/mol. The largest absolute Gasteiger partial charge is 0.264 e. The van der Waals surface area contributed by atoms with Gasteiger partial charge >= 0.3 is 0 Å². The van der Waals surface area contributed by atoms with E-state index in [1.54, 1.807) is 17.9 Å². The molecule has 3 aromatic heterocycles. The number of aromatic nitrogens is 7. The molecule has 0 aromatic carbocycles. The maximum atomic E-state index is 4.05. The fourth-order valence-corrected chi connectivity index (χ4v) is 1.92. The summed E-state index contributed by atoms with van der Waals surface area (Å²) in [5.41, 5.74) is 3.36. The van der Waals surface area contributed by atoms with Crippen molar-refractivity contribution in [3.63, 3.8) is 0 Å². The van der Waals surface area contributed by atoms with Gasteiger partial charge in [-0.1, -0.05) is 11.3 Å². The number of H-pyrrole nitrogens is 1. The fraction of sp³-hybridized carbons (Fsp3) is 0. The van der Waals surface area contributed by atoms with E-state index in [0.717, 1.165) is 16.1 Å². The lowest BCUT2D eigenvalue weighted by molar-refractivity contribution is 0.881. The average molecular weight is 231 g/mol. The van der Waals surface area contributed by atoms with E-state index in [2.05, 4.69) is 35.8 Å². The van der Waals surface area contributed by atoms with Crippen molar-refractivity contribution in [2.24, 2.45) is 0 Å². The van der Waals surface area contributed by atoms with Gasteiger partial charge in [-0.3, -0.25) is 4.98 Å². The van der Waals surface area contributed by atoms with Gasteiger partial charge in [-0.25, -0.2) is 0 Å². The van der Waals surface area contributed by atoms with E-state index in [4.69, 9.17) is 0 Å². The molecule has 3 heterocycles. The Hall–Kier alpha value is -2.22. The number of rotatable bonds is 2. The molecule has 0 spiro atoms. The first kappa shape index (κ1) is 9.04. The summed E-state index contributed by atoms with van der Waals surface area (Å²) in [6, 6.07) is 1.85. The van der Waals surface area contributed by atoms with E-state index in [-0.39, 0.29) is 0 Å². The molecule has 8 heteroatoms. The molecule has 3 rings (SSSR count). The Bertz CT molecular complexity index is 521. The minimum atomic E-state index is 0.498. The van der Waals surface area contributed by atoms with Gasteiger partial charge in [0.05, 0.1) is 5.56 Å². The fourth-order valence-electron chi connectivity index (χ4n) is 1.33. The van der Waals surface area contributed by atoms with E-state index < -0.39 is 0 Å². The third kappa shape index (κ3) is 1.44. The highest BCUT2D eigenvalue weighted by molar-refractivity contribution is 7.12. The van der Waals surface area contributed by atoms with Crippen LogP contribution in [0.5, 0.6) is 0 Å². The topological polar surface area (TPSA) is 93.1 Å². The van der Waals surface area contributed by atoms with Gasteiger partial charge in [0.25, 0.3) is 0 Å². The third-order valence-corrected chi connectivity index (χ3v) is 2.72. The Morgan fingerprint density at radius 3 is 2.94 bits per heavy atom. The molecule has 0 atom stereocenters. The van der Waals surface area contributed by atoms with E-state index in [1.807, 2.05) is 6.07 Å². The lowest BCUT2D eigenvalue weighted by Crippen LogP contribution is -1.88. The molecule has 0 fully saturated rings. The van der Waals surface area contributed by atoms with E-state index >= 15 is 0 Å². The van der Waals surface area contributed by atoms with E-state index in [9.17, 15) is 0 Å². The molecule has 16 heavy (non-hydrogen) atoms. The summed E-state index contributed by atoms with van der Waals surface area (Å²) < 4.78 is 0. The molecule has 3 aromatic rings. The highest BCUT2D eigenvalue weighted by atomic mass is 32.1. The van der Waals surface area contributed by atoms with Crippen LogP contribution in [-0.2, 0) is 0 Å². The van der Waals surface area contributed by atoms with Crippen molar-refractivity contribution in [3.05, 3.63) is 24.0 Å². The van der Waals surface area contributed by atoms with Crippen molar-refractivity contribution in [2.45, 2.75) is 0 Å². The van der Waals surface area contributed by atoms with Crippen molar-refractivity contribution >= 4 is 11.3 Å². The third-order valence-electron chi connectivity index (χ3n) is 2.00. The van der Waals surface area contributed by atoms with Crippen molar-refractivity contribution in [2.75, 3.05) is 0 Å². The number of nitrogens with one attached hydrogen (secondary N) is 1. The molecule has 1 N–H and O–H groups in total. The Labute approximate surface area is 93.6 Å². The number of nitrogens with zero attached hydrogens (tertiary/aromatic N) is 6. The quantitative estimate of drug-likeness (QED) is 0.700. The number of hydrogen-bond donors (Lipinski definition) is 1. The highest BCUT2D eigenvalue weighted by Gasteiger charge is 2.12. The van der Waals surface area contributed by atoms with Gasteiger partial charge in [0.15, 0.2) is 0 Å². The van der Waals surface area contributed by atoms with Crippen LogP contribution in [0.1, 0.15) is 0 Å². The Balaban J connectivity index is 2.19. The van der Waals surface area contributed by atoms with Gasteiger partial charge < -0.3 is 0 Å². The molecule has 0 aliphatic rings. The zero-order valence-corrected chi connectivity index (χ0v) is 8.72. The van der Waals surface area contributed by atoms with Gasteiger partial charge in [0.1, 0.15) is 10.5 Å². The zero-order valence-electron chi connectivity index (χ0n) is 7.90. The van der Waals surface area contributed by atoms with Gasteiger partial charge in [-0.05, 0) is 11.3 Å². The standard InChI is InChI=1S/C8H5N7S/c1-2-9-3-6(7-11-14-15-12-7)5(1)8-13-10-4-16-8/h1-4H,(H,11,12,14,15). The van der Waals surface area contributed by atoms with Crippen LogP contribution in [0.25, 0.3) is 22.0 Å². The Kier molecular flexibility index (Phi) is 2.11. The van der Waals surface area contributed by atoms with Crippen molar-refractivity contribution in [1.29, 1.82) is 0 Å². The van der Waals surface area contributed by atoms with Gasteiger partial charge in [-0.2, -0.15) is 5.21 Å². The van der Waals surface area contributed by atoms with Gasteiger partial charge in [0.2, 0.25) is 5.82 Å². The number of tetrazole rings is 1. The number of hydrogen-bond acceptors (Lipinski definition) is 7. The first-order valence-corrected chi connectivity index (χ1v) is 5.27. The molecule has 0 unspecified atom stereocenters. The molecule has 0 radical (unpaired) electrons. The highest BCUT2D eigenvalue weighted by Crippen LogP contribution is 2.29. The first-order valence-electron chi connectivity index (χ1n) is 4.39. The summed E-state index contributed by atoms with van der Waals surface area (Å²) in [5, 5.41) is 22.4. The van der Waals surface area contributed by atoms with Crippen molar-refractivity contribution < 1.29 is 0 Å². The predicted octanol–water partition coefficient (Wildman–Crippen LogP) is 0.780. The maximum absolute atomic E-state index is 4.05. The van der Waals surface area contributed by atoms with Crippen LogP contribution in [0.15, 0.2) is 24.0 Å². The van der Waals surface area contributed by atoms with Crippen LogP contribution in [0.3, 0.4) is 0 Å². The predicted molar refractivity (Wildman–Crippen MR) is 56.3 cm³/mol. The molecular weight excluding hydrogens is 226 g/mol. The molecule has 0 bridgehead atoms. The second kappa shape index (κ2) is 3.74. The molecule has 7 nitrogen and oxygen atoms in total. The van der Waals surface area contributed by atoms with Crippen LogP contribution in [0.2, 0.25) is 0 Å². The van der Waals surface area contributed by atoms with E-state index in [0.29, 0.717) is 5.82 Å². The second-order valence-electron chi connectivity index (χ2n) is 2.90. The van der Waals surface area contributed by atoms with Crippen LogP contribution in [0.4, 0.5) is 0 Å². The zero-order chi connectivity index (χ0) is 10.8.